The second-order valence-corrected chi connectivity index (χ2v) is 4.47. The van der Waals surface area contributed by atoms with Gasteiger partial charge >= 0.3 is 0 Å². The second kappa shape index (κ2) is 3.18. The molecule has 4 N–H and O–H groups in total. The molecule has 2 nitrogen and oxygen atoms in total. The summed E-state index contributed by atoms with van der Waals surface area (Å²) < 4.78 is 0. The van der Waals surface area contributed by atoms with Crippen LogP contribution >= 0.6 is 0 Å². The Morgan fingerprint density at radius 2 is 2.00 bits per heavy atom. The van der Waals surface area contributed by atoms with E-state index in [1.807, 2.05) is 13.0 Å². The monoisotopic (exact) mass is 180 g/mol. The minimum Gasteiger partial charge on any atom is -0.399 e. The molecule has 0 aliphatic heterocycles. The molecule has 0 fully saturated rings. The number of nitrogens with two attached hydrogens (primary N) is 2. The Morgan fingerprint density at radius 3 is 2.46 bits per heavy atom. The summed E-state index contributed by atoms with van der Waals surface area (Å²) in [5, 5.41) is 0. The average molecular weight is 180 g/mol. The minimum atomic E-state index is 0.0486. The van der Waals surface area contributed by atoms with Crippen LogP contribution in [0.3, 0.4) is 0 Å². The molecule has 2 heteroatoms. The molecule has 0 heterocycles. The van der Waals surface area contributed by atoms with E-state index >= 15 is 0 Å². The summed E-state index contributed by atoms with van der Waals surface area (Å²) in [6.45, 7) is 8.59. The quantitative estimate of drug-likeness (QED) is 0.646. The fourth-order valence-electron chi connectivity index (χ4n) is 1.70. The lowest BCUT2D eigenvalue weighted by Crippen LogP contribution is -2.45. The van der Waals surface area contributed by atoms with Gasteiger partial charge in [0.05, 0.1) is 0 Å². The van der Waals surface area contributed by atoms with Crippen molar-refractivity contribution in [3.05, 3.63) is 23.4 Å². The van der Waals surface area contributed by atoms with Crippen molar-refractivity contribution in [2.75, 3.05) is 0 Å². The number of hydrogen-bond donors (Lipinski definition) is 2. The van der Waals surface area contributed by atoms with Gasteiger partial charge in [0.1, 0.15) is 0 Å². The van der Waals surface area contributed by atoms with Crippen LogP contribution in [-0.4, -0.2) is 6.04 Å². The van der Waals surface area contributed by atoms with Crippen LogP contribution < -0.4 is 11.5 Å². The van der Waals surface area contributed by atoms with E-state index in [0.29, 0.717) is 5.92 Å². The zero-order chi connectivity index (χ0) is 10.2. The zero-order valence-electron chi connectivity index (χ0n) is 8.96. The fourth-order valence-corrected chi connectivity index (χ4v) is 1.70. The van der Waals surface area contributed by atoms with Crippen molar-refractivity contribution in [1.82, 2.24) is 0 Å². The molecule has 2 unspecified atom stereocenters. The first-order valence-electron chi connectivity index (χ1n) is 4.80. The molecule has 1 aliphatic rings. The molecule has 0 saturated heterocycles. The molecule has 13 heavy (non-hydrogen) atoms. The van der Waals surface area contributed by atoms with Crippen molar-refractivity contribution >= 4 is 0 Å². The first-order chi connectivity index (χ1) is 5.89. The van der Waals surface area contributed by atoms with Gasteiger partial charge in [-0.15, -0.1) is 0 Å². The van der Waals surface area contributed by atoms with Gasteiger partial charge in [0.25, 0.3) is 0 Å². The molecule has 0 radical (unpaired) electrons. The lowest BCUT2D eigenvalue weighted by molar-refractivity contribution is 0.255. The lowest BCUT2D eigenvalue weighted by atomic mass is 9.68. The van der Waals surface area contributed by atoms with E-state index in [-0.39, 0.29) is 11.5 Å². The van der Waals surface area contributed by atoms with E-state index < -0.39 is 0 Å². The summed E-state index contributed by atoms with van der Waals surface area (Å²) in [5.41, 5.74) is 13.9. The van der Waals surface area contributed by atoms with Gasteiger partial charge < -0.3 is 11.5 Å². The Bertz CT molecular complexity index is 263. The van der Waals surface area contributed by atoms with Gasteiger partial charge in [-0.25, -0.2) is 0 Å². The molecule has 0 spiro atoms. The molecule has 1 aliphatic carbocycles. The van der Waals surface area contributed by atoms with Crippen LogP contribution in [0.25, 0.3) is 0 Å². The SMILES string of the molecule is CC1=C(N)C=CC(C)(C(C)C)C1N. The topological polar surface area (TPSA) is 52.0 Å². The highest BCUT2D eigenvalue weighted by molar-refractivity contribution is 5.34. The average Bonchev–Trinajstić information content (AvgIpc) is 2.08. The van der Waals surface area contributed by atoms with Crippen LogP contribution in [0.2, 0.25) is 0 Å². The van der Waals surface area contributed by atoms with Crippen molar-refractivity contribution in [3.8, 4) is 0 Å². The predicted octanol–water partition coefficient (Wildman–Crippen LogP) is 1.78. The molecule has 1 rings (SSSR count). The minimum absolute atomic E-state index is 0.0486. The molecular formula is C11H20N2. The Hall–Kier alpha value is -0.760. The van der Waals surface area contributed by atoms with Crippen LogP contribution in [0.1, 0.15) is 27.7 Å². The first kappa shape index (κ1) is 10.3. The maximum Gasteiger partial charge on any atom is 0.0366 e. The molecular weight excluding hydrogens is 160 g/mol. The molecule has 0 aromatic rings. The summed E-state index contributed by atoms with van der Waals surface area (Å²) in [7, 11) is 0. The van der Waals surface area contributed by atoms with Crippen molar-refractivity contribution in [2.24, 2.45) is 22.8 Å². The van der Waals surface area contributed by atoms with Crippen molar-refractivity contribution in [3.63, 3.8) is 0 Å². The standard InChI is InChI=1S/C11H20N2/c1-7(2)11(4)6-5-9(12)8(3)10(11)13/h5-7,10H,12-13H2,1-4H3. The molecule has 0 aromatic heterocycles. The van der Waals surface area contributed by atoms with Crippen LogP contribution in [0.5, 0.6) is 0 Å². The third-order valence-electron chi connectivity index (χ3n) is 3.46. The van der Waals surface area contributed by atoms with Gasteiger partial charge in [-0.05, 0) is 24.5 Å². The van der Waals surface area contributed by atoms with Crippen molar-refractivity contribution < 1.29 is 0 Å². The van der Waals surface area contributed by atoms with Crippen LogP contribution in [0.4, 0.5) is 0 Å². The highest BCUT2D eigenvalue weighted by Crippen LogP contribution is 2.38. The Kier molecular flexibility index (Phi) is 2.53. The summed E-state index contributed by atoms with van der Waals surface area (Å²) >= 11 is 0. The summed E-state index contributed by atoms with van der Waals surface area (Å²) in [6, 6.07) is 0.0532. The van der Waals surface area contributed by atoms with E-state index in [1.165, 1.54) is 0 Å². The van der Waals surface area contributed by atoms with Crippen molar-refractivity contribution in [2.45, 2.75) is 33.7 Å². The molecule has 0 aromatic carbocycles. The van der Waals surface area contributed by atoms with E-state index in [0.717, 1.165) is 11.3 Å². The van der Waals surface area contributed by atoms with Gasteiger partial charge in [0.2, 0.25) is 0 Å². The lowest BCUT2D eigenvalue weighted by Gasteiger charge is -2.40. The van der Waals surface area contributed by atoms with E-state index in [4.69, 9.17) is 11.5 Å². The molecule has 0 bridgehead atoms. The predicted molar refractivity (Wildman–Crippen MR) is 56.9 cm³/mol. The highest BCUT2D eigenvalue weighted by atomic mass is 14.7. The third-order valence-corrected chi connectivity index (χ3v) is 3.46. The first-order valence-corrected chi connectivity index (χ1v) is 4.80. The van der Waals surface area contributed by atoms with E-state index in [9.17, 15) is 0 Å². The van der Waals surface area contributed by atoms with Gasteiger partial charge in [0.15, 0.2) is 0 Å². The summed E-state index contributed by atoms with van der Waals surface area (Å²) in [6.07, 6.45) is 4.13. The molecule has 0 amide bonds. The zero-order valence-corrected chi connectivity index (χ0v) is 8.96. The van der Waals surface area contributed by atoms with E-state index in [2.05, 4.69) is 26.8 Å². The Balaban J connectivity index is 3.05. The van der Waals surface area contributed by atoms with Crippen LogP contribution in [0.15, 0.2) is 23.4 Å². The second-order valence-electron chi connectivity index (χ2n) is 4.47. The summed E-state index contributed by atoms with van der Waals surface area (Å²) in [5.74, 6) is 0.529. The smallest absolute Gasteiger partial charge is 0.0366 e. The largest absolute Gasteiger partial charge is 0.399 e. The number of rotatable bonds is 1. The Labute approximate surface area is 80.7 Å². The van der Waals surface area contributed by atoms with Crippen LogP contribution in [0, 0.1) is 11.3 Å². The van der Waals surface area contributed by atoms with Gasteiger partial charge in [-0.1, -0.05) is 26.8 Å². The maximum atomic E-state index is 6.16. The third kappa shape index (κ3) is 1.51. The summed E-state index contributed by atoms with van der Waals surface area (Å²) in [4.78, 5) is 0. The molecule has 2 atom stereocenters. The highest BCUT2D eigenvalue weighted by Gasteiger charge is 2.35. The molecule has 0 saturated carbocycles. The van der Waals surface area contributed by atoms with E-state index in [1.54, 1.807) is 0 Å². The molecule has 74 valence electrons. The Morgan fingerprint density at radius 1 is 1.46 bits per heavy atom. The number of allylic oxidation sites excluding steroid dienone is 1. The normalized spacial score (nSPS) is 34.5. The van der Waals surface area contributed by atoms with Crippen LogP contribution in [-0.2, 0) is 0 Å². The van der Waals surface area contributed by atoms with Crippen molar-refractivity contribution in [1.29, 1.82) is 0 Å². The number of hydrogen-bond acceptors (Lipinski definition) is 2. The fraction of sp³-hybridized carbons (Fsp3) is 0.636. The maximum absolute atomic E-state index is 6.16. The van der Waals surface area contributed by atoms with Gasteiger partial charge in [0, 0.05) is 17.2 Å². The van der Waals surface area contributed by atoms with Gasteiger partial charge in [-0.2, -0.15) is 0 Å². The van der Waals surface area contributed by atoms with Gasteiger partial charge in [-0.3, -0.25) is 0 Å².